The average Bonchev–Trinajstić information content (AvgIpc) is 2.91. The fraction of sp³-hybridized carbons (Fsp3) is 0.692. The Balaban J connectivity index is 2.28. The zero-order chi connectivity index (χ0) is 13.0. The zero-order valence-electron chi connectivity index (χ0n) is 11.2. The van der Waals surface area contributed by atoms with Crippen molar-refractivity contribution in [3.05, 3.63) is 11.8 Å². The van der Waals surface area contributed by atoms with Gasteiger partial charge in [0.25, 0.3) is 0 Å². The number of anilines is 2. The van der Waals surface area contributed by atoms with Gasteiger partial charge < -0.3 is 15.3 Å². The number of hydrogen-bond donors (Lipinski definition) is 2. The van der Waals surface area contributed by atoms with Gasteiger partial charge in [-0.15, -0.1) is 0 Å². The van der Waals surface area contributed by atoms with Crippen LogP contribution < -0.4 is 10.2 Å². The highest BCUT2D eigenvalue weighted by molar-refractivity contribution is 5.49. The molecule has 0 spiro atoms. The second kappa shape index (κ2) is 6.00. The highest BCUT2D eigenvalue weighted by Crippen LogP contribution is 2.29. The van der Waals surface area contributed by atoms with E-state index in [0.717, 1.165) is 11.4 Å². The third kappa shape index (κ3) is 2.72. The largest absolute Gasteiger partial charge is 0.395 e. The average molecular weight is 250 g/mol. The van der Waals surface area contributed by atoms with Crippen LogP contribution in [-0.4, -0.2) is 41.3 Å². The molecule has 0 aromatic carbocycles. The quantitative estimate of drug-likeness (QED) is 0.830. The maximum Gasteiger partial charge on any atom is 0.224 e. The molecule has 0 atom stereocenters. The van der Waals surface area contributed by atoms with Crippen molar-refractivity contribution in [2.24, 2.45) is 0 Å². The summed E-state index contributed by atoms with van der Waals surface area (Å²) < 4.78 is 0. The van der Waals surface area contributed by atoms with Crippen LogP contribution in [0.25, 0.3) is 0 Å². The molecular formula is C13H22N4O. The van der Waals surface area contributed by atoms with Crippen LogP contribution in [0, 0.1) is 6.92 Å². The molecule has 2 N–H and O–H groups in total. The van der Waals surface area contributed by atoms with Crippen molar-refractivity contribution in [2.45, 2.75) is 38.6 Å². The number of nitrogens with one attached hydrogen (secondary N) is 1. The highest BCUT2D eigenvalue weighted by atomic mass is 16.3. The number of aromatic nitrogens is 2. The Bertz CT molecular complexity index is 391. The fourth-order valence-electron chi connectivity index (χ4n) is 2.63. The Morgan fingerprint density at radius 3 is 2.78 bits per heavy atom. The molecule has 0 amide bonds. The Labute approximate surface area is 108 Å². The van der Waals surface area contributed by atoms with Crippen molar-refractivity contribution < 1.29 is 5.11 Å². The molecule has 0 aliphatic heterocycles. The van der Waals surface area contributed by atoms with Crippen LogP contribution in [0.15, 0.2) is 6.20 Å². The molecule has 1 aromatic rings. The molecular weight excluding hydrogens is 228 g/mol. The lowest BCUT2D eigenvalue weighted by Gasteiger charge is -2.30. The van der Waals surface area contributed by atoms with Crippen molar-refractivity contribution in [1.29, 1.82) is 0 Å². The second-order valence-corrected chi connectivity index (χ2v) is 4.81. The highest BCUT2D eigenvalue weighted by Gasteiger charge is 2.24. The first kappa shape index (κ1) is 13.1. The van der Waals surface area contributed by atoms with Crippen molar-refractivity contribution in [2.75, 3.05) is 30.4 Å². The molecule has 5 nitrogen and oxygen atoms in total. The molecule has 1 heterocycles. The number of rotatable bonds is 5. The Morgan fingerprint density at radius 2 is 2.17 bits per heavy atom. The maximum atomic E-state index is 9.28. The molecule has 100 valence electrons. The van der Waals surface area contributed by atoms with E-state index in [4.69, 9.17) is 0 Å². The summed E-state index contributed by atoms with van der Waals surface area (Å²) in [4.78, 5) is 11.0. The van der Waals surface area contributed by atoms with E-state index in [2.05, 4.69) is 20.2 Å². The van der Waals surface area contributed by atoms with Gasteiger partial charge in [-0.2, -0.15) is 4.98 Å². The summed E-state index contributed by atoms with van der Waals surface area (Å²) in [7, 11) is 1.82. The molecule has 0 unspecified atom stereocenters. The summed E-state index contributed by atoms with van der Waals surface area (Å²) in [5.41, 5.74) is 1.06. The van der Waals surface area contributed by atoms with Crippen molar-refractivity contribution in [1.82, 2.24) is 9.97 Å². The number of aliphatic hydroxyl groups is 1. The first-order valence-electron chi connectivity index (χ1n) is 6.65. The summed E-state index contributed by atoms with van der Waals surface area (Å²) in [6.45, 7) is 2.83. The standard InChI is InChI=1S/C13H22N4O/c1-10-9-15-13(14-2)16-12(10)17(7-8-18)11-5-3-4-6-11/h9,11,18H,3-8H2,1-2H3,(H,14,15,16). The fourth-order valence-corrected chi connectivity index (χ4v) is 2.63. The molecule has 1 aromatic heterocycles. The molecule has 5 heteroatoms. The van der Waals surface area contributed by atoms with E-state index in [1.54, 1.807) is 0 Å². The minimum absolute atomic E-state index is 0.162. The second-order valence-electron chi connectivity index (χ2n) is 4.81. The summed E-state index contributed by atoms with van der Waals surface area (Å²) in [5.74, 6) is 1.59. The van der Waals surface area contributed by atoms with Crippen LogP contribution in [0.1, 0.15) is 31.2 Å². The van der Waals surface area contributed by atoms with E-state index in [1.165, 1.54) is 25.7 Å². The molecule has 2 rings (SSSR count). The van der Waals surface area contributed by atoms with Crippen LogP contribution in [0.3, 0.4) is 0 Å². The minimum Gasteiger partial charge on any atom is -0.395 e. The van der Waals surface area contributed by atoms with Crippen molar-refractivity contribution in [3.8, 4) is 0 Å². The van der Waals surface area contributed by atoms with E-state index in [9.17, 15) is 5.11 Å². The number of aryl methyl sites for hydroxylation is 1. The Kier molecular flexibility index (Phi) is 4.36. The van der Waals surface area contributed by atoms with E-state index in [-0.39, 0.29) is 6.61 Å². The van der Waals surface area contributed by atoms with Crippen LogP contribution in [0.4, 0.5) is 11.8 Å². The summed E-state index contributed by atoms with van der Waals surface area (Å²) in [6, 6.07) is 0.510. The first-order valence-corrected chi connectivity index (χ1v) is 6.65. The van der Waals surface area contributed by atoms with Gasteiger partial charge in [-0.05, 0) is 19.8 Å². The van der Waals surface area contributed by atoms with Gasteiger partial charge in [0.1, 0.15) is 5.82 Å². The lowest BCUT2D eigenvalue weighted by molar-refractivity contribution is 0.296. The van der Waals surface area contributed by atoms with Gasteiger partial charge in [-0.1, -0.05) is 12.8 Å². The minimum atomic E-state index is 0.162. The van der Waals surface area contributed by atoms with Crippen LogP contribution in [0.2, 0.25) is 0 Å². The van der Waals surface area contributed by atoms with Crippen LogP contribution in [0.5, 0.6) is 0 Å². The van der Waals surface area contributed by atoms with E-state index in [1.807, 2.05) is 20.2 Å². The number of nitrogens with zero attached hydrogens (tertiary/aromatic N) is 3. The SMILES string of the molecule is CNc1ncc(C)c(N(CCO)C2CCCC2)n1. The van der Waals surface area contributed by atoms with Gasteiger partial charge in [0.2, 0.25) is 5.95 Å². The molecule has 0 bridgehead atoms. The van der Waals surface area contributed by atoms with Crippen molar-refractivity contribution >= 4 is 11.8 Å². The predicted molar refractivity (Wildman–Crippen MR) is 73.0 cm³/mol. The molecule has 1 fully saturated rings. The van der Waals surface area contributed by atoms with Crippen LogP contribution >= 0.6 is 0 Å². The van der Waals surface area contributed by atoms with E-state index < -0.39 is 0 Å². The molecule has 0 radical (unpaired) electrons. The summed E-state index contributed by atoms with van der Waals surface area (Å²) >= 11 is 0. The maximum absolute atomic E-state index is 9.28. The van der Waals surface area contributed by atoms with Crippen molar-refractivity contribution in [3.63, 3.8) is 0 Å². The summed E-state index contributed by atoms with van der Waals surface area (Å²) in [6.07, 6.45) is 6.77. The van der Waals surface area contributed by atoms with E-state index in [0.29, 0.717) is 18.5 Å². The van der Waals surface area contributed by atoms with Crippen LogP contribution in [-0.2, 0) is 0 Å². The summed E-state index contributed by atoms with van der Waals surface area (Å²) in [5, 5.41) is 12.2. The van der Waals surface area contributed by atoms with Gasteiger partial charge in [-0.25, -0.2) is 4.98 Å². The van der Waals surface area contributed by atoms with Gasteiger partial charge in [0.05, 0.1) is 6.61 Å². The lowest BCUT2D eigenvalue weighted by Crippen LogP contribution is -2.37. The molecule has 1 aliphatic rings. The third-order valence-electron chi connectivity index (χ3n) is 3.55. The molecule has 18 heavy (non-hydrogen) atoms. The lowest BCUT2D eigenvalue weighted by atomic mass is 10.2. The van der Waals surface area contributed by atoms with Gasteiger partial charge in [-0.3, -0.25) is 0 Å². The monoisotopic (exact) mass is 250 g/mol. The first-order chi connectivity index (χ1) is 8.76. The third-order valence-corrected chi connectivity index (χ3v) is 3.55. The number of hydrogen-bond acceptors (Lipinski definition) is 5. The normalized spacial score (nSPS) is 15.9. The van der Waals surface area contributed by atoms with Gasteiger partial charge in [0, 0.05) is 31.4 Å². The zero-order valence-corrected chi connectivity index (χ0v) is 11.2. The molecule has 1 aliphatic carbocycles. The number of aliphatic hydroxyl groups excluding tert-OH is 1. The van der Waals surface area contributed by atoms with E-state index >= 15 is 0 Å². The topological polar surface area (TPSA) is 61.3 Å². The molecule has 0 saturated heterocycles. The van der Waals surface area contributed by atoms with Gasteiger partial charge >= 0.3 is 0 Å². The predicted octanol–water partition coefficient (Wildman–Crippen LogP) is 1.57. The molecule has 1 saturated carbocycles. The Hall–Kier alpha value is -1.36. The van der Waals surface area contributed by atoms with Gasteiger partial charge in [0.15, 0.2) is 0 Å². The smallest absolute Gasteiger partial charge is 0.224 e. The Morgan fingerprint density at radius 1 is 1.44 bits per heavy atom.